The number of Topliss-reactive ketones (excluding diaryl/α,β-unsaturated/α-hetero) is 1. The van der Waals surface area contributed by atoms with Gasteiger partial charge in [0.05, 0.1) is 0 Å². The number of sulfonamides is 1. The van der Waals surface area contributed by atoms with Crippen LogP contribution in [-0.4, -0.2) is 41.1 Å². The van der Waals surface area contributed by atoms with Gasteiger partial charge >= 0.3 is 0 Å². The fourth-order valence-corrected chi connectivity index (χ4v) is 3.23. The highest BCUT2D eigenvalue weighted by Gasteiger charge is 2.30. The van der Waals surface area contributed by atoms with E-state index in [-0.39, 0.29) is 23.9 Å². The molecule has 0 N–H and O–H groups in total. The normalized spacial score (nSPS) is 18.6. The van der Waals surface area contributed by atoms with Crippen molar-refractivity contribution in [2.75, 3.05) is 13.1 Å². The van der Waals surface area contributed by atoms with E-state index < -0.39 is 10.0 Å². The number of carbonyl (C=O) groups is 1. The van der Waals surface area contributed by atoms with Crippen LogP contribution in [0.15, 0.2) is 11.2 Å². The average molecular weight is 257 g/mol. The van der Waals surface area contributed by atoms with Crippen molar-refractivity contribution in [1.29, 1.82) is 0 Å². The molecule has 0 radical (unpaired) electrons. The molecule has 1 aromatic rings. The first kappa shape index (κ1) is 12.3. The molecule has 17 heavy (non-hydrogen) atoms. The Bertz CT molecular complexity index is 518. The molecule has 0 bridgehead atoms. The Labute approximate surface area is 100 Å². The zero-order valence-corrected chi connectivity index (χ0v) is 10.7. The summed E-state index contributed by atoms with van der Waals surface area (Å²) in [7, 11) is -1.79. The lowest BCUT2D eigenvalue weighted by atomic mass is 10.1. The molecule has 1 aliphatic heterocycles. The smallest absolute Gasteiger partial charge is 0.262 e. The van der Waals surface area contributed by atoms with Gasteiger partial charge in [-0.15, -0.1) is 0 Å². The lowest BCUT2D eigenvalue weighted by molar-refractivity contribution is -0.120. The molecular weight excluding hydrogens is 242 g/mol. The zero-order chi connectivity index (χ0) is 12.6. The van der Waals surface area contributed by atoms with Gasteiger partial charge in [0.15, 0.2) is 5.03 Å². The molecular formula is C10H15N3O3S. The van der Waals surface area contributed by atoms with E-state index in [1.165, 1.54) is 10.5 Å². The van der Waals surface area contributed by atoms with Crippen LogP contribution in [0.2, 0.25) is 0 Å². The first-order chi connectivity index (χ1) is 7.91. The minimum absolute atomic E-state index is 0.0619. The monoisotopic (exact) mass is 257 g/mol. The number of piperidine rings is 1. The molecule has 2 rings (SSSR count). The molecule has 1 fully saturated rings. The summed E-state index contributed by atoms with van der Waals surface area (Å²) in [6.07, 6.45) is 2.09. The van der Waals surface area contributed by atoms with E-state index in [1.54, 1.807) is 18.5 Å². The predicted octanol–water partition coefficient (Wildman–Crippen LogP) is 0.0821. The highest BCUT2D eigenvalue weighted by molar-refractivity contribution is 7.89. The number of aromatic nitrogens is 2. The number of hydrogen-bond donors (Lipinski definition) is 0. The van der Waals surface area contributed by atoms with Gasteiger partial charge in [-0.25, -0.2) is 13.4 Å². The van der Waals surface area contributed by atoms with Crippen molar-refractivity contribution in [3.63, 3.8) is 0 Å². The van der Waals surface area contributed by atoms with Crippen LogP contribution in [0.3, 0.4) is 0 Å². The quantitative estimate of drug-likeness (QED) is 0.752. The first-order valence-electron chi connectivity index (χ1n) is 5.43. The number of nitrogens with zero attached hydrogens (tertiary/aromatic N) is 3. The molecule has 1 aromatic heterocycles. The third-order valence-corrected chi connectivity index (χ3v) is 4.74. The summed E-state index contributed by atoms with van der Waals surface area (Å²) in [6.45, 7) is 2.27. The summed E-state index contributed by atoms with van der Waals surface area (Å²) in [5.74, 6) is 0.769. The third-order valence-electron chi connectivity index (χ3n) is 2.97. The highest BCUT2D eigenvalue weighted by Crippen LogP contribution is 2.18. The van der Waals surface area contributed by atoms with Crippen LogP contribution >= 0.6 is 0 Å². The largest absolute Gasteiger partial charge is 0.337 e. The molecule has 0 saturated carbocycles. The van der Waals surface area contributed by atoms with Crippen LogP contribution in [0.1, 0.15) is 18.7 Å². The van der Waals surface area contributed by atoms with E-state index in [1.807, 2.05) is 0 Å². The highest BCUT2D eigenvalue weighted by atomic mass is 32.2. The maximum atomic E-state index is 12.2. The van der Waals surface area contributed by atoms with Gasteiger partial charge in [0, 0.05) is 39.2 Å². The van der Waals surface area contributed by atoms with E-state index in [9.17, 15) is 13.2 Å². The topological polar surface area (TPSA) is 72.3 Å². The molecule has 6 nitrogen and oxygen atoms in total. The lowest BCUT2D eigenvalue weighted by Gasteiger charge is -2.24. The Kier molecular flexibility index (Phi) is 3.05. The molecule has 0 aliphatic carbocycles. The molecule has 0 amide bonds. The summed E-state index contributed by atoms with van der Waals surface area (Å²) in [5, 5.41) is 0.0619. The van der Waals surface area contributed by atoms with Crippen molar-refractivity contribution in [3.8, 4) is 0 Å². The van der Waals surface area contributed by atoms with Gasteiger partial charge in [0.25, 0.3) is 10.0 Å². The minimum atomic E-state index is -3.54. The van der Waals surface area contributed by atoms with Crippen molar-refractivity contribution in [2.24, 2.45) is 7.05 Å². The number of carbonyl (C=O) groups excluding carboxylic acids is 1. The molecule has 0 unspecified atom stereocenters. The van der Waals surface area contributed by atoms with E-state index >= 15 is 0 Å². The summed E-state index contributed by atoms with van der Waals surface area (Å²) in [6, 6.07) is 0. The number of imidazole rings is 1. The Hall–Kier alpha value is -1.21. The lowest BCUT2D eigenvalue weighted by Crippen LogP contribution is -2.38. The number of ketones is 1. The van der Waals surface area contributed by atoms with E-state index in [0.29, 0.717) is 18.7 Å². The van der Waals surface area contributed by atoms with Crippen molar-refractivity contribution < 1.29 is 13.2 Å². The van der Waals surface area contributed by atoms with Crippen molar-refractivity contribution in [3.05, 3.63) is 12.0 Å². The van der Waals surface area contributed by atoms with Gasteiger partial charge in [-0.1, -0.05) is 0 Å². The summed E-state index contributed by atoms with van der Waals surface area (Å²) < 4.78 is 27.4. The van der Waals surface area contributed by atoms with E-state index in [2.05, 4.69) is 4.98 Å². The van der Waals surface area contributed by atoms with Crippen molar-refractivity contribution in [2.45, 2.75) is 24.8 Å². The summed E-state index contributed by atoms with van der Waals surface area (Å²) >= 11 is 0. The minimum Gasteiger partial charge on any atom is -0.337 e. The van der Waals surface area contributed by atoms with E-state index in [0.717, 1.165) is 0 Å². The molecule has 7 heteroatoms. The van der Waals surface area contributed by atoms with Crippen LogP contribution in [0.4, 0.5) is 0 Å². The van der Waals surface area contributed by atoms with E-state index in [4.69, 9.17) is 0 Å². The van der Waals surface area contributed by atoms with Gasteiger partial charge in [-0.3, -0.25) is 4.79 Å². The number of rotatable bonds is 2. The van der Waals surface area contributed by atoms with Gasteiger partial charge in [0.2, 0.25) is 0 Å². The fraction of sp³-hybridized carbons (Fsp3) is 0.600. The molecule has 0 atom stereocenters. The second kappa shape index (κ2) is 4.23. The summed E-state index contributed by atoms with van der Waals surface area (Å²) in [5.41, 5.74) is 0. The van der Waals surface area contributed by atoms with Crippen molar-refractivity contribution in [1.82, 2.24) is 13.9 Å². The fourth-order valence-electron chi connectivity index (χ4n) is 1.76. The maximum absolute atomic E-state index is 12.2. The van der Waals surface area contributed by atoms with Gasteiger partial charge < -0.3 is 4.57 Å². The van der Waals surface area contributed by atoms with Gasteiger partial charge in [-0.2, -0.15) is 4.31 Å². The SMILES string of the molecule is Cc1nc(S(=O)(=O)N2CCC(=O)CC2)cn1C. The maximum Gasteiger partial charge on any atom is 0.262 e. The third kappa shape index (κ3) is 2.25. The average Bonchev–Trinajstić information content (AvgIpc) is 2.60. The second-order valence-electron chi connectivity index (χ2n) is 4.18. The van der Waals surface area contributed by atoms with Crippen LogP contribution in [-0.2, 0) is 21.9 Å². The molecule has 0 aromatic carbocycles. The number of aryl methyl sites for hydroxylation is 2. The van der Waals surface area contributed by atoms with Gasteiger partial charge in [0.1, 0.15) is 11.6 Å². The Morgan fingerprint density at radius 2 is 1.88 bits per heavy atom. The Balaban J connectivity index is 2.27. The molecule has 1 saturated heterocycles. The Morgan fingerprint density at radius 3 is 2.35 bits per heavy atom. The summed E-state index contributed by atoms with van der Waals surface area (Å²) in [4.78, 5) is 15.1. The molecule has 94 valence electrons. The van der Waals surface area contributed by atoms with Crippen LogP contribution < -0.4 is 0 Å². The zero-order valence-electron chi connectivity index (χ0n) is 9.88. The molecule has 1 aliphatic rings. The van der Waals surface area contributed by atoms with Crippen LogP contribution in [0.5, 0.6) is 0 Å². The predicted molar refractivity (Wildman–Crippen MR) is 60.9 cm³/mol. The van der Waals surface area contributed by atoms with Crippen molar-refractivity contribution >= 4 is 15.8 Å². The molecule has 2 heterocycles. The molecule has 0 spiro atoms. The number of hydrogen-bond acceptors (Lipinski definition) is 4. The second-order valence-corrected chi connectivity index (χ2v) is 6.06. The Morgan fingerprint density at radius 1 is 1.29 bits per heavy atom. The standard InChI is InChI=1S/C10H15N3O3S/c1-8-11-10(7-12(8)2)17(15,16)13-5-3-9(14)4-6-13/h7H,3-6H2,1-2H3. The first-order valence-corrected chi connectivity index (χ1v) is 6.87. The van der Waals surface area contributed by atoms with Gasteiger partial charge in [-0.05, 0) is 6.92 Å². The van der Waals surface area contributed by atoms with Crippen LogP contribution in [0.25, 0.3) is 0 Å². The van der Waals surface area contributed by atoms with Crippen LogP contribution in [0, 0.1) is 6.92 Å².